The molecule has 3 N–H and O–H groups in total. The van der Waals surface area contributed by atoms with Gasteiger partial charge in [-0.2, -0.15) is 0 Å². The Morgan fingerprint density at radius 2 is 1.55 bits per heavy atom. The smallest absolute Gasteiger partial charge is 0.315 e. The third kappa shape index (κ3) is 6.57. The molecule has 1 saturated heterocycles. The number of Topliss-reactive ketones (excluding diaryl/α,β-unsaturated/α-hetero) is 2. The van der Waals surface area contributed by atoms with Crippen LogP contribution in [0.1, 0.15) is 94.4 Å². The van der Waals surface area contributed by atoms with Crippen molar-refractivity contribution in [2.45, 2.75) is 118 Å². The zero-order valence-electron chi connectivity index (χ0n) is 24.7. The molecule has 2 saturated carbocycles. The van der Waals surface area contributed by atoms with Crippen LogP contribution in [0.4, 0.5) is 4.79 Å². The molecule has 1 heterocycles. The minimum Gasteiger partial charge on any atom is -0.344 e. The fourth-order valence-electron chi connectivity index (χ4n) is 6.25. The molecule has 4 amide bonds. The fraction of sp³-hybridized carbons (Fsp3) is 0.828. The highest BCUT2D eigenvalue weighted by Crippen LogP contribution is 2.64. The van der Waals surface area contributed by atoms with Crippen LogP contribution in [0.25, 0.3) is 0 Å². The molecule has 0 aromatic carbocycles. The van der Waals surface area contributed by atoms with E-state index in [0.717, 1.165) is 25.7 Å². The van der Waals surface area contributed by atoms with E-state index in [-0.39, 0.29) is 23.1 Å². The molecule has 0 radical (unpaired) electrons. The van der Waals surface area contributed by atoms with Gasteiger partial charge in [0.1, 0.15) is 12.1 Å². The van der Waals surface area contributed by atoms with E-state index in [1.165, 1.54) is 6.92 Å². The summed E-state index contributed by atoms with van der Waals surface area (Å²) in [5.41, 5.74) is -1.22. The van der Waals surface area contributed by atoms with Gasteiger partial charge < -0.3 is 20.9 Å². The van der Waals surface area contributed by atoms with Crippen LogP contribution in [0.15, 0.2) is 0 Å². The predicted octanol–water partition coefficient (Wildman–Crippen LogP) is 3.21. The average molecular weight is 533 g/mol. The summed E-state index contributed by atoms with van der Waals surface area (Å²) in [4.78, 5) is 67.1. The first kappa shape index (κ1) is 30.1. The normalized spacial score (nSPS) is 26.2. The lowest BCUT2D eigenvalue weighted by atomic mass is 9.79. The van der Waals surface area contributed by atoms with Gasteiger partial charge in [-0.15, -0.1) is 0 Å². The molecule has 5 atom stereocenters. The standard InChI is InChI=1S/C29H48N4O5/c1-16(34)22(35)19(15-17-11-10-12-17)30-24(36)21-20-18(29(20,8)9)13-14-33(21)25(37)23(27(2,3)4)31-26(38)32-28(5,6)7/h17-21,23H,10-15H2,1-9H3,(H,30,36)(H2,31,32,38)/t18-,19?,20-,21-,23+/m0/s1. The molecule has 3 aliphatic rings. The van der Waals surface area contributed by atoms with E-state index < -0.39 is 46.7 Å². The van der Waals surface area contributed by atoms with Crippen LogP contribution in [0, 0.1) is 28.6 Å². The number of nitrogens with one attached hydrogen (secondary N) is 3. The van der Waals surface area contributed by atoms with Crippen LogP contribution in [0.5, 0.6) is 0 Å². The molecule has 38 heavy (non-hydrogen) atoms. The van der Waals surface area contributed by atoms with E-state index >= 15 is 0 Å². The Hall–Kier alpha value is -2.45. The largest absolute Gasteiger partial charge is 0.344 e. The summed E-state index contributed by atoms with van der Waals surface area (Å²) >= 11 is 0. The third-order valence-electron chi connectivity index (χ3n) is 8.70. The molecular formula is C29H48N4O5. The number of hydrogen-bond acceptors (Lipinski definition) is 5. The van der Waals surface area contributed by atoms with Gasteiger partial charge in [-0.1, -0.05) is 53.9 Å². The third-order valence-corrected chi connectivity index (χ3v) is 8.70. The first-order chi connectivity index (χ1) is 17.3. The number of fused-ring (bicyclic) bond motifs is 1. The highest BCUT2D eigenvalue weighted by atomic mass is 16.2. The minimum atomic E-state index is -0.876. The van der Waals surface area contributed by atoms with E-state index in [1.807, 2.05) is 41.5 Å². The number of nitrogens with zero attached hydrogens (tertiary/aromatic N) is 1. The Labute approximate surface area is 227 Å². The monoisotopic (exact) mass is 532 g/mol. The summed E-state index contributed by atoms with van der Waals surface area (Å²) in [5.74, 6) is -1.30. The lowest BCUT2D eigenvalue weighted by molar-refractivity contribution is -0.147. The van der Waals surface area contributed by atoms with Gasteiger partial charge in [-0.25, -0.2) is 4.79 Å². The van der Waals surface area contributed by atoms with E-state index in [0.29, 0.717) is 24.8 Å². The maximum atomic E-state index is 14.1. The van der Waals surface area contributed by atoms with Crippen molar-refractivity contribution in [3.05, 3.63) is 0 Å². The number of carbonyl (C=O) groups is 5. The number of piperidine rings is 1. The Kier molecular flexibility index (Phi) is 8.40. The van der Waals surface area contributed by atoms with Crippen LogP contribution in [-0.4, -0.2) is 64.5 Å². The van der Waals surface area contributed by atoms with E-state index in [1.54, 1.807) is 4.90 Å². The first-order valence-electron chi connectivity index (χ1n) is 14.1. The predicted molar refractivity (Wildman–Crippen MR) is 145 cm³/mol. The number of rotatable bonds is 8. The van der Waals surface area contributed by atoms with Crippen molar-refractivity contribution < 1.29 is 24.0 Å². The summed E-state index contributed by atoms with van der Waals surface area (Å²) in [6.07, 6.45) is 4.28. The molecule has 3 rings (SSSR count). The highest BCUT2D eigenvalue weighted by molar-refractivity contribution is 6.38. The number of ketones is 2. The number of urea groups is 1. The van der Waals surface area contributed by atoms with E-state index in [2.05, 4.69) is 29.8 Å². The molecule has 0 aromatic heterocycles. The Bertz CT molecular complexity index is 972. The lowest BCUT2D eigenvalue weighted by Gasteiger charge is -2.41. The minimum absolute atomic E-state index is 0.0546. The highest BCUT2D eigenvalue weighted by Gasteiger charge is 2.66. The van der Waals surface area contributed by atoms with Crippen molar-refractivity contribution in [2.75, 3.05) is 6.54 Å². The summed E-state index contributed by atoms with van der Waals surface area (Å²) in [7, 11) is 0. The van der Waals surface area contributed by atoms with Gasteiger partial charge in [0.15, 0.2) is 5.78 Å². The molecule has 214 valence electrons. The van der Waals surface area contributed by atoms with Crippen LogP contribution >= 0.6 is 0 Å². The molecule has 3 fully saturated rings. The average Bonchev–Trinajstić information content (AvgIpc) is 3.30. The maximum Gasteiger partial charge on any atom is 0.315 e. The van der Waals surface area contributed by atoms with Gasteiger partial charge in [-0.05, 0) is 62.2 Å². The molecule has 0 bridgehead atoms. The summed E-state index contributed by atoms with van der Waals surface area (Å²) in [5, 5.41) is 8.61. The lowest BCUT2D eigenvalue weighted by Crippen LogP contribution is -2.63. The van der Waals surface area contributed by atoms with Crippen LogP contribution in [0.2, 0.25) is 0 Å². The van der Waals surface area contributed by atoms with Gasteiger partial charge in [0, 0.05) is 19.0 Å². The van der Waals surface area contributed by atoms with Gasteiger partial charge in [0.05, 0.1) is 6.04 Å². The van der Waals surface area contributed by atoms with Gasteiger partial charge >= 0.3 is 6.03 Å². The Morgan fingerprint density at radius 1 is 0.947 bits per heavy atom. The molecule has 2 aliphatic carbocycles. The van der Waals surface area contributed by atoms with E-state index in [4.69, 9.17) is 0 Å². The number of hydrogen-bond donors (Lipinski definition) is 3. The molecule has 0 aromatic rings. The van der Waals surface area contributed by atoms with Crippen LogP contribution in [-0.2, 0) is 19.2 Å². The molecule has 1 aliphatic heterocycles. The van der Waals surface area contributed by atoms with Crippen molar-refractivity contribution >= 4 is 29.4 Å². The van der Waals surface area contributed by atoms with Gasteiger partial charge in [0.25, 0.3) is 0 Å². The first-order valence-corrected chi connectivity index (χ1v) is 14.1. The van der Waals surface area contributed by atoms with Gasteiger partial charge in [-0.3, -0.25) is 19.2 Å². The number of carbonyl (C=O) groups excluding carboxylic acids is 5. The number of amides is 4. The SMILES string of the molecule is CC(=O)C(=O)C(CC1CCC1)NC(=O)[C@@H]1[C@@H]2[C@H](CCN1C(=O)[C@@H](NC(=O)NC(C)(C)C)C(C)(C)C)C2(C)C. The second-order valence-electron chi connectivity index (χ2n) is 14.4. The second-order valence-corrected chi connectivity index (χ2v) is 14.4. The zero-order valence-corrected chi connectivity index (χ0v) is 24.7. The number of likely N-dealkylation sites (tertiary alicyclic amines) is 1. The molecule has 9 nitrogen and oxygen atoms in total. The molecule has 1 unspecified atom stereocenters. The maximum absolute atomic E-state index is 14.1. The summed E-state index contributed by atoms with van der Waals surface area (Å²) in [6.45, 7) is 17.1. The van der Waals surface area contributed by atoms with Crippen LogP contribution < -0.4 is 16.0 Å². The zero-order chi connectivity index (χ0) is 28.8. The van der Waals surface area contributed by atoms with Crippen molar-refractivity contribution in [3.63, 3.8) is 0 Å². The summed E-state index contributed by atoms with van der Waals surface area (Å²) < 4.78 is 0. The Morgan fingerprint density at radius 3 is 2.03 bits per heavy atom. The van der Waals surface area contributed by atoms with E-state index in [9.17, 15) is 24.0 Å². The molecule has 0 spiro atoms. The topological polar surface area (TPSA) is 125 Å². The molecular weight excluding hydrogens is 484 g/mol. The second kappa shape index (κ2) is 10.6. The van der Waals surface area contributed by atoms with Gasteiger partial charge in [0.2, 0.25) is 17.6 Å². The quantitative estimate of drug-likeness (QED) is 0.414. The van der Waals surface area contributed by atoms with Crippen molar-refractivity contribution in [1.82, 2.24) is 20.9 Å². The Balaban J connectivity index is 1.87. The van der Waals surface area contributed by atoms with Crippen molar-refractivity contribution in [1.29, 1.82) is 0 Å². The van der Waals surface area contributed by atoms with Crippen molar-refractivity contribution in [3.8, 4) is 0 Å². The van der Waals surface area contributed by atoms with Crippen molar-refractivity contribution in [2.24, 2.45) is 28.6 Å². The summed E-state index contributed by atoms with van der Waals surface area (Å²) in [6, 6.07) is -2.94. The van der Waals surface area contributed by atoms with Crippen LogP contribution in [0.3, 0.4) is 0 Å². The molecule has 9 heteroatoms. The fourth-order valence-corrected chi connectivity index (χ4v) is 6.25.